The van der Waals surface area contributed by atoms with E-state index in [1.165, 1.54) is 30.4 Å². The molecule has 3 aromatic rings. The number of benzene rings is 3. The van der Waals surface area contributed by atoms with Crippen LogP contribution in [0.25, 0.3) is 11.1 Å². The third kappa shape index (κ3) is 6.05. The lowest BCUT2D eigenvalue weighted by Crippen LogP contribution is -2.08. The van der Waals surface area contributed by atoms with Crippen molar-refractivity contribution < 1.29 is 9.53 Å². The molecule has 0 aliphatic heterocycles. The van der Waals surface area contributed by atoms with Crippen molar-refractivity contribution in [2.45, 2.75) is 52.4 Å². The zero-order chi connectivity index (χ0) is 20.5. The summed E-state index contributed by atoms with van der Waals surface area (Å²) >= 11 is 0. The van der Waals surface area contributed by atoms with Crippen LogP contribution in [0, 0.1) is 0 Å². The third-order valence-electron chi connectivity index (χ3n) is 5.15. The smallest absolute Gasteiger partial charge is 0.343 e. The third-order valence-corrected chi connectivity index (χ3v) is 5.15. The molecule has 0 amide bonds. The molecule has 0 unspecified atom stereocenters. The van der Waals surface area contributed by atoms with Gasteiger partial charge in [0.25, 0.3) is 0 Å². The zero-order valence-electron chi connectivity index (χ0n) is 17.5. The van der Waals surface area contributed by atoms with Gasteiger partial charge >= 0.3 is 5.97 Å². The Hall–Kier alpha value is -2.87. The second kappa shape index (κ2) is 10.6. The molecule has 0 bridgehead atoms. The van der Waals surface area contributed by atoms with E-state index in [-0.39, 0.29) is 5.97 Å². The molecule has 0 saturated heterocycles. The minimum absolute atomic E-state index is 0.328. The largest absolute Gasteiger partial charge is 0.423 e. The standard InChI is InChI=1S/C27H30O2/c1-3-5-6-8-22-9-13-23(14-10-22)24-15-17-25(18-16-24)27(28)29-26-19-11-21(7-4-2)12-20-26/h9-20H,3-8H2,1-2H3. The summed E-state index contributed by atoms with van der Waals surface area (Å²) in [4.78, 5) is 12.4. The maximum absolute atomic E-state index is 12.4. The molecule has 0 radical (unpaired) electrons. The molecule has 2 nitrogen and oxygen atoms in total. The van der Waals surface area contributed by atoms with Gasteiger partial charge in [-0.3, -0.25) is 0 Å². The predicted octanol–water partition coefficient (Wildman–Crippen LogP) is 7.26. The number of rotatable bonds is 9. The van der Waals surface area contributed by atoms with Crippen LogP contribution in [0.1, 0.15) is 61.0 Å². The van der Waals surface area contributed by atoms with E-state index in [0.29, 0.717) is 11.3 Å². The molecular formula is C27H30O2. The van der Waals surface area contributed by atoms with Crippen LogP contribution in [0.5, 0.6) is 5.75 Å². The Morgan fingerprint density at radius 1 is 0.655 bits per heavy atom. The van der Waals surface area contributed by atoms with Gasteiger partial charge in [0.05, 0.1) is 5.56 Å². The van der Waals surface area contributed by atoms with Gasteiger partial charge in [-0.2, -0.15) is 0 Å². The molecule has 0 saturated carbocycles. The topological polar surface area (TPSA) is 26.3 Å². The minimum Gasteiger partial charge on any atom is -0.423 e. The fraction of sp³-hybridized carbons (Fsp3) is 0.296. The van der Waals surface area contributed by atoms with Gasteiger partial charge in [-0.15, -0.1) is 0 Å². The highest BCUT2D eigenvalue weighted by Crippen LogP contribution is 2.22. The van der Waals surface area contributed by atoms with Gasteiger partial charge in [0, 0.05) is 0 Å². The van der Waals surface area contributed by atoms with E-state index < -0.39 is 0 Å². The van der Waals surface area contributed by atoms with Crippen molar-refractivity contribution in [1.29, 1.82) is 0 Å². The highest BCUT2D eigenvalue weighted by molar-refractivity contribution is 5.91. The minimum atomic E-state index is -0.328. The summed E-state index contributed by atoms with van der Waals surface area (Å²) in [5.41, 5.74) is 5.46. The summed E-state index contributed by atoms with van der Waals surface area (Å²) in [6, 6.07) is 24.1. The first-order valence-electron chi connectivity index (χ1n) is 10.7. The van der Waals surface area contributed by atoms with Crippen LogP contribution in [-0.4, -0.2) is 5.97 Å². The summed E-state index contributed by atoms with van der Waals surface area (Å²) in [6.07, 6.45) is 7.05. The first-order valence-corrected chi connectivity index (χ1v) is 10.7. The molecule has 0 fully saturated rings. The molecule has 0 aliphatic carbocycles. The number of aryl methyl sites for hydroxylation is 2. The monoisotopic (exact) mass is 386 g/mol. The number of carbonyl (C=O) groups is 1. The molecular weight excluding hydrogens is 356 g/mol. The van der Waals surface area contributed by atoms with Crippen molar-refractivity contribution >= 4 is 5.97 Å². The molecule has 29 heavy (non-hydrogen) atoms. The number of hydrogen-bond acceptors (Lipinski definition) is 2. The van der Waals surface area contributed by atoms with Gasteiger partial charge in [-0.1, -0.05) is 81.6 Å². The SMILES string of the molecule is CCCCCc1ccc(-c2ccc(C(=O)Oc3ccc(CCC)cc3)cc2)cc1. The number of hydrogen-bond donors (Lipinski definition) is 0. The summed E-state index contributed by atoms with van der Waals surface area (Å²) in [5, 5.41) is 0. The van der Waals surface area contributed by atoms with Gasteiger partial charge in [0.15, 0.2) is 0 Å². The van der Waals surface area contributed by atoms with E-state index in [4.69, 9.17) is 4.74 Å². The molecule has 0 N–H and O–H groups in total. The lowest BCUT2D eigenvalue weighted by Gasteiger charge is -2.07. The highest BCUT2D eigenvalue weighted by atomic mass is 16.5. The maximum atomic E-state index is 12.4. The zero-order valence-corrected chi connectivity index (χ0v) is 17.5. The first kappa shape index (κ1) is 20.9. The second-order valence-corrected chi connectivity index (χ2v) is 7.51. The van der Waals surface area contributed by atoms with Crippen molar-refractivity contribution in [3.63, 3.8) is 0 Å². The Kier molecular flexibility index (Phi) is 7.63. The molecule has 3 rings (SSSR count). The fourth-order valence-electron chi connectivity index (χ4n) is 3.42. The molecule has 150 valence electrons. The quantitative estimate of drug-likeness (QED) is 0.220. The Bertz CT molecular complexity index is 891. The number of carbonyl (C=O) groups excluding carboxylic acids is 1. The number of esters is 1. The van der Waals surface area contributed by atoms with Crippen molar-refractivity contribution in [1.82, 2.24) is 0 Å². The van der Waals surface area contributed by atoms with Crippen LogP contribution < -0.4 is 4.74 Å². The van der Waals surface area contributed by atoms with Gasteiger partial charge in [-0.25, -0.2) is 4.79 Å². The molecule has 0 spiro atoms. The predicted molar refractivity (Wildman–Crippen MR) is 121 cm³/mol. The van der Waals surface area contributed by atoms with Gasteiger partial charge in [0.2, 0.25) is 0 Å². The van der Waals surface area contributed by atoms with E-state index >= 15 is 0 Å². The van der Waals surface area contributed by atoms with Gasteiger partial charge in [0.1, 0.15) is 5.75 Å². The van der Waals surface area contributed by atoms with Crippen LogP contribution in [0.2, 0.25) is 0 Å². The molecule has 0 aromatic heterocycles. The Balaban J connectivity index is 1.61. The van der Waals surface area contributed by atoms with E-state index in [1.54, 1.807) is 0 Å². The van der Waals surface area contributed by atoms with Crippen LogP contribution in [0.15, 0.2) is 72.8 Å². The van der Waals surface area contributed by atoms with Gasteiger partial charge < -0.3 is 4.74 Å². The van der Waals surface area contributed by atoms with Crippen molar-refractivity contribution in [3.05, 3.63) is 89.5 Å². The summed E-state index contributed by atoms with van der Waals surface area (Å²) in [7, 11) is 0. The molecule has 0 aliphatic rings. The molecule has 2 heteroatoms. The molecule has 3 aromatic carbocycles. The van der Waals surface area contributed by atoms with Crippen LogP contribution in [0.3, 0.4) is 0 Å². The first-order chi connectivity index (χ1) is 14.2. The number of unbranched alkanes of at least 4 members (excludes halogenated alkanes) is 2. The van der Waals surface area contributed by atoms with Crippen molar-refractivity contribution in [3.8, 4) is 16.9 Å². The Labute approximate surface area is 174 Å². The lowest BCUT2D eigenvalue weighted by atomic mass is 10.0. The Morgan fingerprint density at radius 2 is 1.21 bits per heavy atom. The fourth-order valence-corrected chi connectivity index (χ4v) is 3.42. The summed E-state index contributed by atoms with van der Waals surface area (Å²) in [6.45, 7) is 4.38. The van der Waals surface area contributed by atoms with E-state index in [0.717, 1.165) is 30.4 Å². The second-order valence-electron chi connectivity index (χ2n) is 7.51. The molecule has 0 heterocycles. The normalized spacial score (nSPS) is 10.7. The van der Waals surface area contributed by atoms with Crippen molar-refractivity contribution in [2.24, 2.45) is 0 Å². The van der Waals surface area contributed by atoms with Crippen LogP contribution in [0.4, 0.5) is 0 Å². The number of ether oxygens (including phenoxy) is 1. The molecule has 0 atom stereocenters. The summed E-state index contributed by atoms with van der Waals surface area (Å²) < 4.78 is 5.50. The summed E-state index contributed by atoms with van der Waals surface area (Å²) in [5.74, 6) is 0.253. The van der Waals surface area contributed by atoms with Gasteiger partial charge in [-0.05, 0) is 65.8 Å². The van der Waals surface area contributed by atoms with Crippen LogP contribution >= 0.6 is 0 Å². The average Bonchev–Trinajstić information content (AvgIpc) is 2.76. The maximum Gasteiger partial charge on any atom is 0.343 e. The van der Waals surface area contributed by atoms with Crippen molar-refractivity contribution in [2.75, 3.05) is 0 Å². The van der Waals surface area contributed by atoms with E-state index in [2.05, 4.69) is 38.1 Å². The highest BCUT2D eigenvalue weighted by Gasteiger charge is 2.09. The Morgan fingerprint density at radius 3 is 1.79 bits per heavy atom. The van der Waals surface area contributed by atoms with E-state index in [1.807, 2.05) is 48.5 Å². The average molecular weight is 387 g/mol. The van der Waals surface area contributed by atoms with E-state index in [9.17, 15) is 4.79 Å². The lowest BCUT2D eigenvalue weighted by molar-refractivity contribution is 0.0734. The van der Waals surface area contributed by atoms with Crippen LogP contribution in [-0.2, 0) is 12.8 Å².